The van der Waals surface area contributed by atoms with Crippen molar-refractivity contribution in [3.63, 3.8) is 0 Å². The largest absolute Gasteiger partial charge is 0.453 e. The van der Waals surface area contributed by atoms with E-state index in [1.807, 2.05) is 11.8 Å². The molecule has 3 aromatic rings. The highest BCUT2D eigenvalue weighted by molar-refractivity contribution is 7.91. The van der Waals surface area contributed by atoms with E-state index in [0.29, 0.717) is 31.7 Å². The van der Waals surface area contributed by atoms with Gasteiger partial charge in [-0.25, -0.2) is 18.2 Å². The summed E-state index contributed by atoms with van der Waals surface area (Å²) in [5, 5.41) is 6.05. The molecule has 228 valence electrons. The molecular weight excluding hydrogens is 599 g/mol. The van der Waals surface area contributed by atoms with Crippen molar-refractivity contribution in [3.05, 3.63) is 41.9 Å². The SMILES string of the molecule is COC(=O)Nc1nc(C)c(S(=O)(=O)N2CCN(C[C@H](C)N(C=O)c3cccc(-c4cn(C)nc4C(F)(F)F)c3)CC2)s1. The van der Waals surface area contributed by atoms with Crippen molar-refractivity contribution < 1.29 is 35.9 Å². The number of halogens is 3. The van der Waals surface area contributed by atoms with Gasteiger partial charge in [0, 0.05) is 63.3 Å². The van der Waals surface area contributed by atoms with E-state index in [-0.39, 0.29) is 45.3 Å². The van der Waals surface area contributed by atoms with Gasteiger partial charge in [-0.05, 0) is 31.5 Å². The van der Waals surface area contributed by atoms with Gasteiger partial charge in [-0.15, -0.1) is 0 Å². The number of hydrogen-bond donors (Lipinski definition) is 1. The average molecular weight is 630 g/mol. The molecule has 2 amide bonds. The molecule has 0 spiro atoms. The van der Waals surface area contributed by atoms with Gasteiger partial charge >= 0.3 is 12.3 Å². The number of thiazole rings is 1. The van der Waals surface area contributed by atoms with Gasteiger partial charge in [-0.1, -0.05) is 23.5 Å². The molecular formula is C25H30F3N7O5S2. The molecule has 1 atom stereocenters. The van der Waals surface area contributed by atoms with E-state index in [0.717, 1.165) is 16.0 Å². The number of ether oxygens (including phenoxy) is 1. The summed E-state index contributed by atoms with van der Waals surface area (Å²) in [6, 6.07) is 5.90. The predicted molar refractivity (Wildman–Crippen MR) is 150 cm³/mol. The summed E-state index contributed by atoms with van der Waals surface area (Å²) < 4.78 is 74.2. The zero-order chi connectivity index (χ0) is 30.8. The maximum Gasteiger partial charge on any atom is 0.435 e. The second-order valence-electron chi connectivity index (χ2n) is 9.69. The summed E-state index contributed by atoms with van der Waals surface area (Å²) >= 11 is 0.843. The molecule has 0 bridgehead atoms. The molecule has 42 heavy (non-hydrogen) atoms. The van der Waals surface area contributed by atoms with Crippen LogP contribution in [0.4, 0.5) is 28.8 Å². The number of alkyl halides is 3. The van der Waals surface area contributed by atoms with Gasteiger partial charge in [0.1, 0.15) is 0 Å². The lowest BCUT2D eigenvalue weighted by molar-refractivity contribution is -0.141. The third-order valence-electron chi connectivity index (χ3n) is 6.72. The Morgan fingerprint density at radius 3 is 2.57 bits per heavy atom. The lowest BCUT2D eigenvalue weighted by Gasteiger charge is -2.37. The fraction of sp³-hybridized carbons (Fsp3) is 0.440. The Morgan fingerprint density at radius 2 is 1.95 bits per heavy atom. The number of aryl methyl sites for hydroxylation is 2. The van der Waals surface area contributed by atoms with Gasteiger partial charge in [-0.2, -0.15) is 22.6 Å². The minimum atomic E-state index is -4.64. The molecule has 3 heterocycles. The topological polar surface area (TPSA) is 130 Å². The van der Waals surface area contributed by atoms with E-state index in [2.05, 4.69) is 20.1 Å². The van der Waals surface area contributed by atoms with Gasteiger partial charge in [0.15, 0.2) is 15.0 Å². The Morgan fingerprint density at radius 1 is 1.26 bits per heavy atom. The highest BCUT2D eigenvalue weighted by Crippen LogP contribution is 2.37. The molecule has 1 N–H and O–H groups in total. The zero-order valence-electron chi connectivity index (χ0n) is 23.3. The van der Waals surface area contributed by atoms with Crippen LogP contribution >= 0.6 is 11.3 Å². The number of nitrogens with zero attached hydrogens (tertiary/aromatic N) is 6. The van der Waals surface area contributed by atoms with Crippen molar-refractivity contribution in [3.8, 4) is 11.1 Å². The lowest BCUT2D eigenvalue weighted by atomic mass is 10.0. The van der Waals surface area contributed by atoms with E-state index < -0.39 is 28.0 Å². The Hall–Kier alpha value is -3.54. The van der Waals surface area contributed by atoms with E-state index >= 15 is 0 Å². The third-order valence-corrected chi connectivity index (χ3v) is 10.3. The first-order valence-electron chi connectivity index (χ1n) is 12.7. The molecule has 4 rings (SSSR count). The summed E-state index contributed by atoms with van der Waals surface area (Å²) in [7, 11) is -1.26. The predicted octanol–water partition coefficient (Wildman–Crippen LogP) is 3.41. The standard InChI is InChI=1S/C25H30F3N7O5S2/c1-16(35(15-36)19-7-5-6-18(12-19)20-14-32(3)31-21(20)25(26,27)28)13-33-8-10-34(11-9-33)42(38,39)22-17(2)29-23(41-22)30-24(37)40-4/h5-7,12,14-16H,8-11,13H2,1-4H3,(H,29,30,37)/t16-/m0/s1. The van der Waals surface area contributed by atoms with Crippen LogP contribution in [-0.2, 0) is 32.8 Å². The normalized spacial score (nSPS) is 15.8. The first-order valence-corrected chi connectivity index (χ1v) is 15.0. The smallest absolute Gasteiger partial charge is 0.435 e. The minimum absolute atomic E-state index is 0.0324. The number of sulfonamides is 1. The van der Waals surface area contributed by atoms with Crippen LogP contribution in [0.2, 0.25) is 0 Å². The number of hydrogen-bond acceptors (Lipinski definition) is 9. The number of carbonyl (C=O) groups is 2. The van der Waals surface area contributed by atoms with E-state index in [4.69, 9.17) is 0 Å². The van der Waals surface area contributed by atoms with Crippen molar-refractivity contribution >= 4 is 44.7 Å². The van der Waals surface area contributed by atoms with Crippen molar-refractivity contribution in [2.75, 3.05) is 50.1 Å². The molecule has 1 aliphatic heterocycles. The number of piperazine rings is 1. The average Bonchev–Trinajstić information content (AvgIpc) is 3.52. The molecule has 0 aliphatic carbocycles. The Kier molecular flexibility index (Phi) is 9.24. The first-order chi connectivity index (χ1) is 19.7. The second-order valence-corrected chi connectivity index (χ2v) is 12.8. The van der Waals surface area contributed by atoms with Gasteiger partial charge in [0.2, 0.25) is 6.41 Å². The van der Waals surface area contributed by atoms with Crippen LogP contribution in [0.15, 0.2) is 34.7 Å². The van der Waals surface area contributed by atoms with E-state index in [1.165, 1.54) is 41.7 Å². The molecule has 1 saturated heterocycles. The molecule has 2 aromatic heterocycles. The number of nitrogens with one attached hydrogen (secondary N) is 1. The highest BCUT2D eigenvalue weighted by atomic mass is 32.2. The van der Waals surface area contributed by atoms with Crippen molar-refractivity contribution in [1.82, 2.24) is 24.0 Å². The lowest BCUT2D eigenvalue weighted by Crippen LogP contribution is -2.52. The van der Waals surface area contributed by atoms with Crippen LogP contribution in [0.3, 0.4) is 0 Å². The van der Waals surface area contributed by atoms with Crippen LogP contribution in [-0.4, -0.2) is 90.8 Å². The minimum Gasteiger partial charge on any atom is -0.453 e. The summed E-state index contributed by atoms with van der Waals surface area (Å²) in [4.78, 5) is 31.1. The highest BCUT2D eigenvalue weighted by Gasteiger charge is 2.37. The zero-order valence-corrected chi connectivity index (χ0v) is 24.9. The number of anilines is 2. The summed E-state index contributed by atoms with van der Waals surface area (Å²) in [6.45, 7) is 4.95. The van der Waals surface area contributed by atoms with Crippen molar-refractivity contribution in [2.24, 2.45) is 7.05 Å². The summed E-state index contributed by atoms with van der Waals surface area (Å²) in [6.07, 6.45) is -3.48. The second kappa shape index (κ2) is 12.4. The van der Waals surface area contributed by atoms with E-state index in [1.54, 1.807) is 19.1 Å². The Bertz CT molecular complexity index is 1550. The molecule has 17 heteroatoms. The Labute approximate surface area is 244 Å². The fourth-order valence-corrected chi connectivity index (χ4v) is 7.66. The first kappa shape index (κ1) is 31.4. The molecule has 0 saturated carbocycles. The van der Waals surface area contributed by atoms with Crippen LogP contribution in [0.5, 0.6) is 0 Å². The van der Waals surface area contributed by atoms with Gasteiger partial charge in [-0.3, -0.25) is 19.7 Å². The maximum absolute atomic E-state index is 13.5. The van der Waals surface area contributed by atoms with Crippen LogP contribution in [0, 0.1) is 6.92 Å². The molecule has 1 aromatic carbocycles. The van der Waals surface area contributed by atoms with Crippen LogP contribution in [0.1, 0.15) is 18.3 Å². The third kappa shape index (κ3) is 6.74. The number of benzene rings is 1. The number of amides is 2. The Balaban J connectivity index is 1.42. The van der Waals surface area contributed by atoms with Crippen molar-refractivity contribution in [2.45, 2.75) is 30.3 Å². The number of methoxy groups -OCH3 is 1. The van der Waals surface area contributed by atoms with Gasteiger partial charge < -0.3 is 9.64 Å². The number of rotatable bonds is 9. The summed E-state index contributed by atoms with van der Waals surface area (Å²) in [5.74, 6) is 0. The fourth-order valence-electron chi connectivity index (χ4n) is 4.71. The molecule has 12 nitrogen and oxygen atoms in total. The van der Waals surface area contributed by atoms with Crippen LogP contribution < -0.4 is 10.2 Å². The number of carbonyl (C=O) groups excluding carboxylic acids is 2. The molecule has 1 aliphatic rings. The van der Waals surface area contributed by atoms with Gasteiger partial charge in [0.25, 0.3) is 10.0 Å². The summed E-state index contributed by atoms with van der Waals surface area (Å²) in [5.41, 5.74) is -0.142. The monoisotopic (exact) mass is 629 g/mol. The van der Waals surface area contributed by atoms with Crippen molar-refractivity contribution in [1.29, 1.82) is 0 Å². The molecule has 0 radical (unpaired) electrons. The number of aromatic nitrogens is 3. The van der Waals surface area contributed by atoms with Crippen LogP contribution in [0.25, 0.3) is 11.1 Å². The quantitative estimate of drug-likeness (QED) is 0.357. The molecule has 0 unspecified atom stereocenters. The molecule has 1 fully saturated rings. The maximum atomic E-state index is 13.5. The van der Waals surface area contributed by atoms with E-state index in [9.17, 15) is 31.2 Å². The van der Waals surface area contributed by atoms with Gasteiger partial charge in [0.05, 0.1) is 12.8 Å².